The molecule has 0 aromatic carbocycles. The molecule has 0 radical (unpaired) electrons. The van der Waals surface area contributed by atoms with Gasteiger partial charge in [-0.3, -0.25) is 4.68 Å². The summed E-state index contributed by atoms with van der Waals surface area (Å²) in [5.41, 5.74) is 1.34. The fourth-order valence-corrected chi connectivity index (χ4v) is 1.90. The maximum Gasteiger partial charge on any atom is 0.0537 e. The molecule has 3 nitrogen and oxygen atoms in total. The molecule has 1 aliphatic heterocycles. The number of hydrogen-bond acceptors (Lipinski definition) is 2. The minimum Gasteiger partial charge on any atom is -0.310 e. The van der Waals surface area contributed by atoms with Gasteiger partial charge in [0.25, 0.3) is 0 Å². The summed E-state index contributed by atoms with van der Waals surface area (Å²) in [4.78, 5) is 0. The first-order valence-electron chi connectivity index (χ1n) is 5.05. The van der Waals surface area contributed by atoms with E-state index in [2.05, 4.69) is 30.5 Å². The Labute approximate surface area is 79.1 Å². The molecule has 0 saturated carbocycles. The second-order valence-electron chi connectivity index (χ2n) is 3.93. The average molecular weight is 179 g/mol. The van der Waals surface area contributed by atoms with E-state index in [1.807, 2.05) is 10.9 Å². The molecular weight excluding hydrogens is 162 g/mol. The summed E-state index contributed by atoms with van der Waals surface area (Å²) >= 11 is 0. The molecule has 13 heavy (non-hydrogen) atoms. The van der Waals surface area contributed by atoms with E-state index in [4.69, 9.17) is 0 Å². The van der Waals surface area contributed by atoms with Crippen LogP contribution in [0.4, 0.5) is 0 Å². The van der Waals surface area contributed by atoms with E-state index in [9.17, 15) is 0 Å². The summed E-state index contributed by atoms with van der Waals surface area (Å²) in [6.45, 7) is 6.50. The highest BCUT2D eigenvalue weighted by molar-refractivity contribution is 5.12. The van der Waals surface area contributed by atoms with Gasteiger partial charge in [-0.1, -0.05) is 6.92 Å². The van der Waals surface area contributed by atoms with Crippen molar-refractivity contribution in [1.82, 2.24) is 15.1 Å². The first-order chi connectivity index (χ1) is 6.29. The second-order valence-corrected chi connectivity index (χ2v) is 3.93. The van der Waals surface area contributed by atoms with Crippen LogP contribution in [0.3, 0.4) is 0 Å². The van der Waals surface area contributed by atoms with Crippen molar-refractivity contribution in [3.63, 3.8) is 0 Å². The molecule has 1 saturated heterocycles. The second kappa shape index (κ2) is 3.50. The fraction of sp³-hybridized carbons (Fsp3) is 0.700. The lowest BCUT2D eigenvalue weighted by atomic mass is 10.0. The van der Waals surface area contributed by atoms with Crippen LogP contribution in [0.1, 0.15) is 31.9 Å². The summed E-state index contributed by atoms with van der Waals surface area (Å²) in [6.07, 6.45) is 5.38. The summed E-state index contributed by atoms with van der Waals surface area (Å²) in [5, 5.41) is 7.79. The van der Waals surface area contributed by atoms with E-state index < -0.39 is 0 Å². The molecule has 0 spiro atoms. The Bertz CT molecular complexity index is 279. The van der Waals surface area contributed by atoms with Gasteiger partial charge in [0.1, 0.15) is 0 Å². The van der Waals surface area contributed by atoms with E-state index in [0.29, 0.717) is 6.04 Å². The molecule has 0 bridgehead atoms. The molecule has 72 valence electrons. The molecule has 0 aliphatic carbocycles. The first kappa shape index (κ1) is 8.75. The highest BCUT2D eigenvalue weighted by Gasteiger charge is 2.22. The van der Waals surface area contributed by atoms with Crippen LogP contribution < -0.4 is 5.32 Å². The van der Waals surface area contributed by atoms with Gasteiger partial charge in [0.15, 0.2) is 0 Å². The molecule has 2 rings (SSSR count). The van der Waals surface area contributed by atoms with Crippen molar-refractivity contribution in [1.29, 1.82) is 0 Å². The molecule has 2 atom stereocenters. The van der Waals surface area contributed by atoms with Crippen molar-refractivity contribution < 1.29 is 0 Å². The van der Waals surface area contributed by atoms with Crippen molar-refractivity contribution in [3.8, 4) is 0 Å². The van der Waals surface area contributed by atoms with Gasteiger partial charge in [-0.2, -0.15) is 5.10 Å². The molecule has 1 aliphatic rings. The van der Waals surface area contributed by atoms with Gasteiger partial charge in [0.05, 0.1) is 6.20 Å². The van der Waals surface area contributed by atoms with Crippen LogP contribution in [0.25, 0.3) is 0 Å². The van der Waals surface area contributed by atoms with Crippen molar-refractivity contribution in [2.45, 2.75) is 32.9 Å². The van der Waals surface area contributed by atoms with Crippen molar-refractivity contribution in [3.05, 3.63) is 18.0 Å². The van der Waals surface area contributed by atoms with Gasteiger partial charge in [-0.15, -0.1) is 0 Å². The van der Waals surface area contributed by atoms with Crippen LogP contribution in [0.5, 0.6) is 0 Å². The molecular formula is C10H17N3. The monoisotopic (exact) mass is 179 g/mol. The zero-order valence-corrected chi connectivity index (χ0v) is 8.33. The van der Waals surface area contributed by atoms with Gasteiger partial charge in [0, 0.05) is 24.3 Å². The van der Waals surface area contributed by atoms with E-state index in [-0.39, 0.29) is 0 Å². The Morgan fingerprint density at radius 3 is 3.08 bits per heavy atom. The zero-order valence-electron chi connectivity index (χ0n) is 8.33. The highest BCUT2D eigenvalue weighted by atomic mass is 15.3. The molecule has 1 aromatic heterocycles. The van der Waals surface area contributed by atoms with Crippen LogP contribution in [-0.2, 0) is 6.54 Å². The van der Waals surface area contributed by atoms with Gasteiger partial charge in [0.2, 0.25) is 0 Å². The lowest BCUT2D eigenvalue weighted by molar-refractivity contribution is 0.609. The van der Waals surface area contributed by atoms with E-state index in [1.54, 1.807) is 0 Å². The summed E-state index contributed by atoms with van der Waals surface area (Å²) in [5.74, 6) is 0.801. The molecule has 3 heteroatoms. The van der Waals surface area contributed by atoms with Crippen LogP contribution in [0.2, 0.25) is 0 Å². The number of nitrogens with zero attached hydrogens (tertiary/aromatic N) is 2. The standard InChI is InChI=1S/C10H17N3/c1-3-13-7-9(6-12-13)10-4-8(2)5-11-10/h6-8,10-11H,3-5H2,1-2H3. The Balaban J connectivity index is 2.08. The summed E-state index contributed by atoms with van der Waals surface area (Å²) in [6, 6.07) is 0.537. The van der Waals surface area contributed by atoms with Crippen LogP contribution in [0.15, 0.2) is 12.4 Å². The molecule has 1 fully saturated rings. The Morgan fingerprint density at radius 1 is 1.69 bits per heavy atom. The topological polar surface area (TPSA) is 29.9 Å². The van der Waals surface area contributed by atoms with Gasteiger partial charge in [-0.25, -0.2) is 0 Å². The smallest absolute Gasteiger partial charge is 0.0537 e. The third-order valence-electron chi connectivity index (χ3n) is 2.73. The summed E-state index contributed by atoms with van der Waals surface area (Å²) < 4.78 is 1.99. The van der Waals surface area contributed by atoms with E-state index in [0.717, 1.165) is 19.0 Å². The lowest BCUT2D eigenvalue weighted by Gasteiger charge is -2.05. The normalized spacial score (nSPS) is 28.2. The maximum absolute atomic E-state index is 4.28. The van der Waals surface area contributed by atoms with Gasteiger partial charge in [-0.05, 0) is 25.8 Å². The lowest BCUT2D eigenvalue weighted by Crippen LogP contribution is -2.12. The predicted octanol–water partition coefficient (Wildman–Crippen LogP) is 1.57. The number of hydrogen-bond donors (Lipinski definition) is 1. The first-order valence-corrected chi connectivity index (χ1v) is 5.05. The fourth-order valence-electron chi connectivity index (χ4n) is 1.90. The Morgan fingerprint density at radius 2 is 2.54 bits per heavy atom. The molecule has 0 amide bonds. The minimum atomic E-state index is 0.537. The zero-order chi connectivity index (χ0) is 9.26. The maximum atomic E-state index is 4.28. The quantitative estimate of drug-likeness (QED) is 0.747. The molecule has 1 N–H and O–H groups in total. The van der Waals surface area contributed by atoms with Crippen LogP contribution in [0, 0.1) is 5.92 Å². The Hall–Kier alpha value is -0.830. The van der Waals surface area contributed by atoms with Crippen LogP contribution >= 0.6 is 0 Å². The average Bonchev–Trinajstić information content (AvgIpc) is 2.71. The predicted molar refractivity (Wildman–Crippen MR) is 52.4 cm³/mol. The molecule has 2 heterocycles. The third-order valence-corrected chi connectivity index (χ3v) is 2.73. The largest absolute Gasteiger partial charge is 0.310 e. The summed E-state index contributed by atoms with van der Waals surface area (Å²) in [7, 11) is 0. The minimum absolute atomic E-state index is 0.537. The number of aryl methyl sites for hydroxylation is 1. The number of rotatable bonds is 2. The van der Waals surface area contributed by atoms with Gasteiger partial charge < -0.3 is 5.32 Å². The van der Waals surface area contributed by atoms with Crippen LogP contribution in [-0.4, -0.2) is 16.3 Å². The van der Waals surface area contributed by atoms with Crippen molar-refractivity contribution >= 4 is 0 Å². The Kier molecular flexibility index (Phi) is 2.36. The number of nitrogens with one attached hydrogen (secondary N) is 1. The molecule has 1 aromatic rings. The van der Waals surface area contributed by atoms with Crippen molar-refractivity contribution in [2.24, 2.45) is 5.92 Å². The SMILES string of the molecule is CCn1cc(C2CC(C)CN2)cn1. The van der Waals surface area contributed by atoms with E-state index >= 15 is 0 Å². The van der Waals surface area contributed by atoms with Gasteiger partial charge >= 0.3 is 0 Å². The van der Waals surface area contributed by atoms with E-state index in [1.165, 1.54) is 12.0 Å². The highest BCUT2D eigenvalue weighted by Crippen LogP contribution is 2.25. The van der Waals surface area contributed by atoms with Crippen molar-refractivity contribution in [2.75, 3.05) is 6.54 Å². The third kappa shape index (κ3) is 1.75. The number of aromatic nitrogens is 2. The molecule has 2 unspecified atom stereocenters.